The maximum Gasteiger partial charge on any atom is 0.276 e. The van der Waals surface area contributed by atoms with E-state index in [1.807, 2.05) is 0 Å². The molecular formula is C11H7BrCl2N4O. The highest BCUT2D eigenvalue weighted by Crippen LogP contribution is 2.33. The van der Waals surface area contributed by atoms with Crippen LogP contribution in [0.4, 0.5) is 11.5 Å². The molecule has 0 fully saturated rings. The predicted octanol–water partition coefficient (Wildman–Crippen LogP) is 3.38. The molecule has 0 saturated heterocycles. The topological polar surface area (TPSA) is 80.9 Å². The minimum atomic E-state index is -0.495. The third kappa shape index (κ3) is 3.34. The molecule has 0 aliphatic heterocycles. The average molecular weight is 362 g/mol. The molecule has 1 amide bonds. The number of hydrogen-bond donors (Lipinski definition) is 2. The Morgan fingerprint density at radius 3 is 2.47 bits per heavy atom. The smallest absolute Gasteiger partial charge is 0.276 e. The number of carbonyl (C=O) groups excluding carboxylic acids is 1. The van der Waals surface area contributed by atoms with Crippen LogP contribution in [-0.2, 0) is 0 Å². The molecule has 2 rings (SSSR count). The number of nitrogens with two attached hydrogens (primary N) is 1. The molecule has 2 aromatic rings. The summed E-state index contributed by atoms with van der Waals surface area (Å²) in [7, 11) is 0. The fourth-order valence-electron chi connectivity index (χ4n) is 1.33. The van der Waals surface area contributed by atoms with E-state index < -0.39 is 5.91 Å². The van der Waals surface area contributed by atoms with Crippen LogP contribution >= 0.6 is 39.1 Å². The first-order valence-corrected chi connectivity index (χ1v) is 6.55. The van der Waals surface area contributed by atoms with Crippen molar-refractivity contribution in [1.82, 2.24) is 9.97 Å². The zero-order valence-corrected chi connectivity index (χ0v) is 12.4. The molecule has 0 saturated carbocycles. The number of carbonyl (C=O) groups is 1. The second-order valence-corrected chi connectivity index (χ2v) is 5.26. The molecule has 0 atom stereocenters. The molecular weight excluding hydrogens is 355 g/mol. The Kier molecular flexibility index (Phi) is 4.24. The van der Waals surface area contributed by atoms with Crippen molar-refractivity contribution in [3.05, 3.63) is 44.7 Å². The molecule has 1 aromatic carbocycles. The van der Waals surface area contributed by atoms with Crippen LogP contribution in [0.1, 0.15) is 10.5 Å². The third-order valence-electron chi connectivity index (χ3n) is 2.13. The summed E-state index contributed by atoms with van der Waals surface area (Å²) in [4.78, 5) is 19.6. The van der Waals surface area contributed by atoms with E-state index in [0.29, 0.717) is 20.2 Å². The summed E-state index contributed by atoms with van der Waals surface area (Å²) in [5.41, 5.74) is 5.84. The molecule has 3 N–H and O–H groups in total. The first-order chi connectivity index (χ1) is 8.97. The van der Waals surface area contributed by atoms with Crippen molar-refractivity contribution in [2.75, 3.05) is 11.1 Å². The number of amides is 1. The summed E-state index contributed by atoms with van der Waals surface area (Å²) in [6.45, 7) is 0. The number of nitrogen functional groups attached to an aromatic ring is 1. The Hall–Kier alpha value is -1.37. The second-order valence-electron chi connectivity index (χ2n) is 3.53. The van der Waals surface area contributed by atoms with Crippen molar-refractivity contribution in [2.45, 2.75) is 0 Å². The van der Waals surface area contributed by atoms with E-state index in [0.717, 1.165) is 0 Å². The maximum absolute atomic E-state index is 12.0. The molecule has 8 heteroatoms. The quantitative estimate of drug-likeness (QED) is 0.859. The molecule has 5 nitrogen and oxygen atoms in total. The number of halogens is 3. The van der Waals surface area contributed by atoms with Crippen LogP contribution < -0.4 is 11.1 Å². The van der Waals surface area contributed by atoms with Gasteiger partial charge in [0.05, 0.1) is 28.1 Å². The number of benzene rings is 1. The molecule has 98 valence electrons. The molecule has 0 radical (unpaired) electrons. The molecule has 0 aliphatic rings. The largest absolute Gasteiger partial charge is 0.382 e. The summed E-state index contributed by atoms with van der Waals surface area (Å²) in [5.74, 6) is -0.341. The van der Waals surface area contributed by atoms with Gasteiger partial charge in [-0.05, 0) is 12.1 Å². The molecule has 0 bridgehead atoms. The number of hydrogen-bond acceptors (Lipinski definition) is 4. The van der Waals surface area contributed by atoms with Crippen molar-refractivity contribution < 1.29 is 4.79 Å². The summed E-state index contributed by atoms with van der Waals surface area (Å²) < 4.78 is 0.712. The highest BCUT2D eigenvalue weighted by atomic mass is 79.9. The van der Waals surface area contributed by atoms with Gasteiger partial charge in [0.25, 0.3) is 5.91 Å². The molecule has 19 heavy (non-hydrogen) atoms. The number of rotatable bonds is 2. The minimum absolute atomic E-state index is 0.0788. The maximum atomic E-state index is 12.0. The number of aromatic nitrogens is 2. The van der Waals surface area contributed by atoms with Gasteiger partial charge in [-0.2, -0.15) is 0 Å². The first-order valence-electron chi connectivity index (χ1n) is 5.01. The van der Waals surface area contributed by atoms with Crippen molar-refractivity contribution in [3.63, 3.8) is 0 Å². The van der Waals surface area contributed by atoms with Crippen LogP contribution in [0, 0.1) is 0 Å². The van der Waals surface area contributed by atoms with E-state index in [2.05, 4.69) is 31.2 Å². The normalized spacial score (nSPS) is 10.3. The second kappa shape index (κ2) is 5.73. The highest BCUT2D eigenvalue weighted by molar-refractivity contribution is 9.10. The molecule has 0 aliphatic carbocycles. The van der Waals surface area contributed by atoms with Gasteiger partial charge in [-0.1, -0.05) is 39.1 Å². The third-order valence-corrected chi connectivity index (χ3v) is 3.19. The standard InChI is InChI=1S/C11H7BrCl2N4O/c12-5-1-6(13)10(7(14)2-5)18-11(19)8-3-16-4-9(15)17-8/h1-4H,(H2,15,17)(H,18,19). The van der Waals surface area contributed by atoms with Gasteiger partial charge in [0.1, 0.15) is 11.5 Å². The molecule has 1 heterocycles. The Morgan fingerprint density at radius 1 is 1.26 bits per heavy atom. The van der Waals surface area contributed by atoms with E-state index in [9.17, 15) is 4.79 Å². The van der Waals surface area contributed by atoms with E-state index in [1.54, 1.807) is 12.1 Å². The number of nitrogens with zero attached hydrogens (tertiary/aromatic N) is 2. The van der Waals surface area contributed by atoms with Gasteiger partial charge in [-0.25, -0.2) is 4.98 Å². The molecule has 0 unspecified atom stereocenters. The van der Waals surface area contributed by atoms with Crippen LogP contribution in [0.2, 0.25) is 10.0 Å². The molecule has 0 spiro atoms. The Morgan fingerprint density at radius 2 is 1.89 bits per heavy atom. The fourth-order valence-corrected chi connectivity index (χ4v) is 2.63. The summed E-state index contributed by atoms with van der Waals surface area (Å²) >= 11 is 15.3. The van der Waals surface area contributed by atoms with Gasteiger partial charge in [-0.15, -0.1) is 0 Å². The van der Waals surface area contributed by atoms with E-state index in [-0.39, 0.29) is 11.5 Å². The fraction of sp³-hybridized carbons (Fsp3) is 0. The van der Waals surface area contributed by atoms with Crippen LogP contribution in [-0.4, -0.2) is 15.9 Å². The lowest BCUT2D eigenvalue weighted by Crippen LogP contribution is -2.15. The van der Waals surface area contributed by atoms with Crippen LogP contribution in [0.15, 0.2) is 29.0 Å². The lowest BCUT2D eigenvalue weighted by atomic mass is 10.3. The van der Waals surface area contributed by atoms with Gasteiger partial charge < -0.3 is 11.1 Å². The lowest BCUT2D eigenvalue weighted by molar-refractivity contribution is 0.102. The van der Waals surface area contributed by atoms with Gasteiger partial charge >= 0.3 is 0 Å². The van der Waals surface area contributed by atoms with E-state index in [4.69, 9.17) is 28.9 Å². The van der Waals surface area contributed by atoms with Crippen molar-refractivity contribution >= 4 is 56.5 Å². The van der Waals surface area contributed by atoms with Crippen LogP contribution in [0.3, 0.4) is 0 Å². The summed E-state index contributed by atoms with van der Waals surface area (Å²) in [6.07, 6.45) is 2.64. The van der Waals surface area contributed by atoms with Crippen LogP contribution in [0.5, 0.6) is 0 Å². The zero-order valence-electron chi connectivity index (χ0n) is 9.32. The summed E-state index contributed by atoms with van der Waals surface area (Å²) in [6, 6.07) is 3.24. The Labute approximate surface area is 127 Å². The predicted molar refractivity (Wildman–Crippen MR) is 78.6 cm³/mol. The van der Waals surface area contributed by atoms with Gasteiger partial charge in [0, 0.05) is 4.47 Å². The van der Waals surface area contributed by atoms with E-state index >= 15 is 0 Å². The lowest BCUT2D eigenvalue weighted by Gasteiger charge is -2.09. The van der Waals surface area contributed by atoms with Gasteiger partial charge in [0.15, 0.2) is 0 Å². The zero-order chi connectivity index (χ0) is 14.0. The van der Waals surface area contributed by atoms with Crippen molar-refractivity contribution in [3.8, 4) is 0 Å². The van der Waals surface area contributed by atoms with Crippen LogP contribution in [0.25, 0.3) is 0 Å². The SMILES string of the molecule is Nc1cncc(C(=O)Nc2c(Cl)cc(Br)cc2Cl)n1. The molecule has 1 aromatic heterocycles. The number of anilines is 2. The van der Waals surface area contributed by atoms with E-state index in [1.165, 1.54) is 12.4 Å². The minimum Gasteiger partial charge on any atom is -0.382 e. The van der Waals surface area contributed by atoms with Crippen molar-refractivity contribution in [2.24, 2.45) is 0 Å². The Balaban J connectivity index is 2.29. The van der Waals surface area contributed by atoms with Crippen molar-refractivity contribution in [1.29, 1.82) is 0 Å². The summed E-state index contributed by atoms with van der Waals surface area (Å²) in [5, 5.41) is 3.19. The van der Waals surface area contributed by atoms with Gasteiger partial charge in [0.2, 0.25) is 0 Å². The average Bonchev–Trinajstić information content (AvgIpc) is 2.33. The highest BCUT2D eigenvalue weighted by Gasteiger charge is 2.14. The Bertz CT molecular complexity index is 627. The monoisotopic (exact) mass is 360 g/mol. The number of nitrogens with one attached hydrogen (secondary N) is 1. The first kappa shape index (κ1) is 14.0. The van der Waals surface area contributed by atoms with Gasteiger partial charge in [-0.3, -0.25) is 9.78 Å².